The maximum Gasteiger partial charge on any atom is 0.263 e. The van der Waals surface area contributed by atoms with Crippen molar-refractivity contribution in [3.8, 4) is 11.8 Å². The van der Waals surface area contributed by atoms with E-state index in [-0.39, 0.29) is 18.4 Å². The molecule has 2 aromatic rings. The number of amides is 2. The van der Waals surface area contributed by atoms with Crippen LogP contribution in [0.5, 0.6) is 5.75 Å². The first-order valence-corrected chi connectivity index (χ1v) is 8.59. The van der Waals surface area contributed by atoms with Crippen LogP contribution in [0.2, 0.25) is 0 Å². The smallest absolute Gasteiger partial charge is 0.263 e. The minimum Gasteiger partial charge on any atom is -0.481 e. The largest absolute Gasteiger partial charge is 0.481 e. The van der Waals surface area contributed by atoms with Crippen molar-refractivity contribution >= 4 is 17.5 Å². The van der Waals surface area contributed by atoms with Crippen LogP contribution in [0, 0.1) is 25.2 Å². The maximum atomic E-state index is 12.5. The standard InChI is InChI=1S/C21H23N3O3/c1-14-7-5-8-15(2)20(14)23-19(25)13-24(4)21(26)16(3)27-18-10-6-9-17(11-18)12-22/h5-11,16H,13H2,1-4H3,(H,23,25). The van der Waals surface area contributed by atoms with Gasteiger partial charge in [-0.3, -0.25) is 9.59 Å². The predicted molar refractivity (Wildman–Crippen MR) is 103 cm³/mol. The fourth-order valence-electron chi connectivity index (χ4n) is 2.69. The molecule has 2 rings (SSSR count). The molecule has 6 heteroatoms. The van der Waals surface area contributed by atoms with Gasteiger partial charge in [0, 0.05) is 12.7 Å². The molecule has 0 spiro atoms. The van der Waals surface area contributed by atoms with Gasteiger partial charge in [0.2, 0.25) is 5.91 Å². The van der Waals surface area contributed by atoms with Crippen LogP contribution in [-0.4, -0.2) is 36.4 Å². The lowest BCUT2D eigenvalue weighted by Gasteiger charge is -2.22. The molecule has 0 aromatic heterocycles. The highest BCUT2D eigenvalue weighted by Gasteiger charge is 2.21. The summed E-state index contributed by atoms with van der Waals surface area (Å²) in [7, 11) is 1.55. The monoisotopic (exact) mass is 365 g/mol. The molecule has 0 heterocycles. The SMILES string of the molecule is Cc1cccc(C)c1NC(=O)CN(C)C(=O)C(C)Oc1cccc(C#N)c1. The highest BCUT2D eigenvalue weighted by atomic mass is 16.5. The number of para-hydroxylation sites is 1. The Bertz CT molecular complexity index is 866. The summed E-state index contributed by atoms with van der Waals surface area (Å²) in [6.45, 7) is 5.37. The first kappa shape index (κ1) is 20.0. The summed E-state index contributed by atoms with van der Waals surface area (Å²) >= 11 is 0. The van der Waals surface area contributed by atoms with Crippen LogP contribution in [0.15, 0.2) is 42.5 Å². The molecular formula is C21H23N3O3. The number of nitrogens with one attached hydrogen (secondary N) is 1. The third-order valence-electron chi connectivity index (χ3n) is 4.13. The van der Waals surface area contributed by atoms with Crippen LogP contribution in [0.25, 0.3) is 0 Å². The topological polar surface area (TPSA) is 82.4 Å². The van der Waals surface area contributed by atoms with E-state index < -0.39 is 6.10 Å². The van der Waals surface area contributed by atoms with Gasteiger partial charge in [0.15, 0.2) is 6.10 Å². The molecule has 0 saturated heterocycles. The van der Waals surface area contributed by atoms with Gasteiger partial charge >= 0.3 is 0 Å². The molecule has 6 nitrogen and oxygen atoms in total. The molecule has 2 amide bonds. The zero-order valence-corrected chi connectivity index (χ0v) is 15.9. The van der Waals surface area contributed by atoms with E-state index in [1.165, 1.54) is 4.90 Å². The molecule has 140 valence electrons. The van der Waals surface area contributed by atoms with E-state index in [0.29, 0.717) is 11.3 Å². The van der Waals surface area contributed by atoms with E-state index in [0.717, 1.165) is 16.8 Å². The minimum atomic E-state index is -0.781. The van der Waals surface area contributed by atoms with Crippen molar-refractivity contribution in [2.24, 2.45) is 0 Å². The summed E-state index contributed by atoms with van der Waals surface area (Å²) < 4.78 is 5.60. The predicted octanol–water partition coefficient (Wildman–Crippen LogP) is 3.04. The van der Waals surface area contributed by atoms with Crippen LogP contribution < -0.4 is 10.1 Å². The van der Waals surface area contributed by atoms with Crippen LogP contribution in [0.3, 0.4) is 0 Å². The number of nitrogens with zero attached hydrogens (tertiary/aromatic N) is 2. The molecule has 0 saturated carbocycles. The second kappa shape index (κ2) is 8.86. The number of ether oxygens (including phenoxy) is 1. The zero-order valence-electron chi connectivity index (χ0n) is 15.9. The Morgan fingerprint density at radius 2 is 1.81 bits per heavy atom. The summed E-state index contributed by atoms with van der Waals surface area (Å²) in [6, 6.07) is 14.4. The number of benzene rings is 2. The number of hydrogen-bond acceptors (Lipinski definition) is 4. The van der Waals surface area contributed by atoms with Crippen molar-refractivity contribution in [2.75, 3.05) is 18.9 Å². The molecule has 0 aliphatic heterocycles. The summed E-state index contributed by atoms with van der Waals surface area (Å²) in [6.07, 6.45) is -0.781. The second-order valence-corrected chi connectivity index (χ2v) is 6.41. The van der Waals surface area contributed by atoms with E-state index >= 15 is 0 Å². The molecular weight excluding hydrogens is 342 g/mol. The second-order valence-electron chi connectivity index (χ2n) is 6.41. The Kier molecular flexibility index (Phi) is 6.56. The van der Waals surface area contributed by atoms with Crippen LogP contribution in [0.4, 0.5) is 5.69 Å². The highest BCUT2D eigenvalue weighted by molar-refractivity contribution is 5.96. The number of carbonyl (C=O) groups is 2. The van der Waals surface area contributed by atoms with Gasteiger partial charge in [-0.2, -0.15) is 5.26 Å². The van der Waals surface area contributed by atoms with E-state index in [4.69, 9.17) is 10.00 Å². The van der Waals surface area contributed by atoms with Gasteiger partial charge in [-0.1, -0.05) is 24.3 Å². The summed E-state index contributed by atoms with van der Waals surface area (Å²) in [5.41, 5.74) is 3.15. The van der Waals surface area contributed by atoms with E-state index in [2.05, 4.69) is 5.32 Å². The van der Waals surface area contributed by atoms with E-state index in [9.17, 15) is 9.59 Å². The number of rotatable bonds is 6. The highest BCUT2D eigenvalue weighted by Crippen LogP contribution is 2.19. The fraction of sp³-hybridized carbons (Fsp3) is 0.286. The Morgan fingerprint density at radius 1 is 1.19 bits per heavy atom. The number of aryl methyl sites for hydroxylation is 2. The third kappa shape index (κ3) is 5.32. The van der Waals surface area contributed by atoms with Crippen molar-refractivity contribution in [1.29, 1.82) is 5.26 Å². The van der Waals surface area contributed by atoms with Crippen molar-refractivity contribution < 1.29 is 14.3 Å². The zero-order chi connectivity index (χ0) is 20.0. The molecule has 2 aromatic carbocycles. The van der Waals surface area contributed by atoms with E-state index in [1.807, 2.05) is 38.1 Å². The van der Waals surface area contributed by atoms with Crippen LogP contribution in [-0.2, 0) is 9.59 Å². The lowest BCUT2D eigenvalue weighted by Crippen LogP contribution is -2.42. The molecule has 1 atom stereocenters. The summed E-state index contributed by atoms with van der Waals surface area (Å²) in [4.78, 5) is 26.1. The van der Waals surface area contributed by atoms with Crippen molar-refractivity contribution in [3.05, 3.63) is 59.2 Å². The van der Waals surface area contributed by atoms with Gasteiger partial charge in [0.1, 0.15) is 5.75 Å². The Labute approximate surface area is 159 Å². The maximum absolute atomic E-state index is 12.5. The number of carbonyl (C=O) groups excluding carboxylic acids is 2. The number of anilines is 1. The first-order chi connectivity index (χ1) is 12.8. The Balaban J connectivity index is 1.95. The Hall–Kier alpha value is -3.33. The van der Waals surface area contributed by atoms with Crippen molar-refractivity contribution in [2.45, 2.75) is 26.9 Å². The molecule has 0 radical (unpaired) electrons. The average Bonchev–Trinajstić information content (AvgIpc) is 2.64. The van der Waals surface area contributed by atoms with Gasteiger partial charge in [-0.15, -0.1) is 0 Å². The quantitative estimate of drug-likeness (QED) is 0.853. The molecule has 27 heavy (non-hydrogen) atoms. The first-order valence-electron chi connectivity index (χ1n) is 8.59. The normalized spacial score (nSPS) is 11.2. The molecule has 0 aliphatic rings. The van der Waals surface area contributed by atoms with Gasteiger partial charge in [-0.25, -0.2) is 0 Å². The van der Waals surface area contributed by atoms with Crippen LogP contribution in [0.1, 0.15) is 23.6 Å². The minimum absolute atomic E-state index is 0.0848. The lowest BCUT2D eigenvalue weighted by atomic mass is 10.1. The summed E-state index contributed by atoms with van der Waals surface area (Å²) in [5.74, 6) is -0.167. The van der Waals surface area contributed by atoms with Gasteiger partial charge in [0.25, 0.3) is 5.91 Å². The molecule has 0 fully saturated rings. The molecule has 0 bridgehead atoms. The van der Waals surface area contributed by atoms with Crippen molar-refractivity contribution in [1.82, 2.24) is 4.90 Å². The number of likely N-dealkylation sites (N-methyl/N-ethyl adjacent to an activating group) is 1. The summed E-state index contributed by atoms with van der Waals surface area (Å²) in [5, 5.41) is 11.8. The van der Waals surface area contributed by atoms with Gasteiger partial charge in [-0.05, 0) is 50.1 Å². The van der Waals surface area contributed by atoms with E-state index in [1.54, 1.807) is 38.2 Å². The average molecular weight is 365 g/mol. The van der Waals surface area contributed by atoms with Gasteiger partial charge < -0.3 is 15.0 Å². The van der Waals surface area contributed by atoms with Crippen molar-refractivity contribution in [3.63, 3.8) is 0 Å². The third-order valence-corrected chi connectivity index (χ3v) is 4.13. The van der Waals surface area contributed by atoms with Crippen LogP contribution >= 0.6 is 0 Å². The Morgan fingerprint density at radius 3 is 2.44 bits per heavy atom. The lowest BCUT2D eigenvalue weighted by molar-refractivity contribution is -0.139. The number of nitriles is 1. The molecule has 1 N–H and O–H groups in total. The molecule has 1 unspecified atom stereocenters. The van der Waals surface area contributed by atoms with Gasteiger partial charge in [0.05, 0.1) is 18.2 Å². The molecule has 0 aliphatic carbocycles. The number of hydrogen-bond donors (Lipinski definition) is 1. The fourth-order valence-corrected chi connectivity index (χ4v) is 2.69.